The molecule has 0 fully saturated rings. The molecule has 2 nitrogen and oxygen atoms in total. The van der Waals surface area contributed by atoms with E-state index >= 15 is 0 Å². The molecule has 2 heterocycles. The van der Waals surface area contributed by atoms with Crippen LogP contribution in [0.15, 0.2) is 170 Å². The molecule has 7 aromatic carbocycles. The molecule has 0 N–H and O–H groups in total. The van der Waals surface area contributed by atoms with Crippen molar-refractivity contribution in [2.75, 3.05) is 0 Å². The molecule has 248 valence electrons. The van der Waals surface area contributed by atoms with Crippen LogP contribution in [0.5, 0.6) is 0 Å². The van der Waals surface area contributed by atoms with E-state index in [4.69, 9.17) is 0 Å². The van der Waals surface area contributed by atoms with Crippen molar-refractivity contribution in [1.82, 2.24) is 9.13 Å². The third-order valence-electron chi connectivity index (χ3n) is 10.9. The van der Waals surface area contributed by atoms with Gasteiger partial charge in [-0.2, -0.15) is 0 Å². The molecule has 1 aliphatic rings. The largest absolute Gasteiger partial charge is 0.310 e. The Morgan fingerprint density at radius 3 is 1.79 bits per heavy atom. The van der Waals surface area contributed by atoms with Gasteiger partial charge in [-0.3, -0.25) is 0 Å². The van der Waals surface area contributed by atoms with E-state index in [1.165, 1.54) is 94.3 Å². The fraction of sp³-hybridized carbons (Fsp3) is 0.0800. The first-order valence-electron chi connectivity index (χ1n) is 18.3. The summed E-state index contributed by atoms with van der Waals surface area (Å²) in [5.41, 5.74) is 17.5. The van der Waals surface area contributed by atoms with Gasteiger partial charge in [-0.05, 0) is 125 Å². The summed E-state index contributed by atoms with van der Waals surface area (Å²) in [7, 11) is 0. The highest BCUT2D eigenvalue weighted by atomic mass is 15.0. The highest BCUT2D eigenvalue weighted by Crippen LogP contribution is 2.40. The van der Waals surface area contributed by atoms with Gasteiger partial charge in [0.2, 0.25) is 0 Å². The quantitative estimate of drug-likeness (QED) is 0.173. The van der Waals surface area contributed by atoms with Crippen LogP contribution in [0.4, 0.5) is 0 Å². The van der Waals surface area contributed by atoms with Gasteiger partial charge in [-0.15, -0.1) is 0 Å². The first-order chi connectivity index (χ1) is 25.6. The fourth-order valence-corrected chi connectivity index (χ4v) is 8.38. The van der Waals surface area contributed by atoms with Crippen molar-refractivity contribution in [2.45, 2.75) is 20.3 Å². The second-order valence-corrected chi connectivity index (χ2v) is 14.4. The van der Waals surface area contributed by atoms with Crippen molar-refractivity contribution in [3.05, 3.63) is 187 Å². The van der Waals surface area contributed by atoms with Crippen molar-refractivity contribution in [1.29, 1.82) is 0 Å². The molecule has 0 radical (unpaired) electrons. The number of aromatic nitrogens is 2. The molecule has 0 bridgehead atoms. The van der Waals surface area contributed by atoms with E-state index in [2.05, 4.69) is 199 Å². The van der Waals surface area contributed by atoms with Gasteiger partial charge in [0.15, 0.2) is 0 Å². The Hall–Kier alpha value is -6.38. The standard InChI is InChI=1S/C50H38N2/c1-33-10-8-11-36(28-33)38-13-9-12-37(30-38)35-19-23-42(24-20-35)52-48-25-18-34(2)29-44(48)46-32-40(22-27-50(46)52)39-21-26-49-45(31-39)43-16-6-7-17-47(43)51(49)41-14-4-3-5-15-41/h3-28,30-32,34H,29H2,1-2H3. The van der Waals surface area contributed by atoms with Crippen LogP contribution >= 0.6 is 0 Å². The van der Waals surface area contributed by atoms with Gasteiger partial charge in [0.25, 0.3) is 0 Å². The van der Waals surface area contributed by atoms with E-state index in [-0.39, 0.29) is 0 Å². The lowest BCUT2D eigenvalue weighted by atomic mass is 9.92. The number of allylic oxidation sites excluding steroid dienone is 1. The predicted molar refractivity (Wildman–Crippen MR) is 221 cm³/mol. The highest BCUT2D eigenvalue weighted by Gasteiger charge is 2.22. The summed E-state index contributed by atoms with van der Waals surface area (Å²) >= 11 is 0. The topological polar surface area (TPSA) is 9.86 Å². The molecule has 0 amide bonds. The van der Waals surface area contributed by atoms with Gasteiger partial charge >= 0.3 is 0 Å². The predicted octanol–water partition coefficient (Wildman–Crippen LogP) is 13.2. The molecule has 2 heteroatoms. The van der Waals surface area contributed by atoms with Crippen LogP contribution < -0.4 is 0 Å². The van der Waals surface area contributed by atoms with Crippen LogP contribution in [-0.4, -0.2) is 9.13 Å². The van der Waals surface area contributed by atoms with Gasteiger partial charge in [0.1, 0.15) is 0 Å². The lowest BCUT2D eigenvalue weighted by Gasteiger charge is -2.16. The normalized spacial score (nSPS) is 14.0. The molecule has 52 heavy (non-hydrogen) atoms. The number of nitrogens with zero attached hydrogens (tertiary/aromatic N) is 2. The van der Waals surface area contributed by atoms with E-state index in [9.17, 15) is 0 Å². The van der Waals surface area contributed by atoms with Gasteiger partial charge in [-0.1, -0.05) is 122 Å². The summed E-state index contributed by atoms with van der Waals surface area (Å²) < 4.78 is 4.84. The number of benzene rings is 7. The van der Waals surface area contributed by atoms with E-state index in [0.717, 1.165) is 6.42 Å². The molecule has 9 aromatic rings. The molecule has 1 unspecified atom stereocenters. The minimum atomic E-state index is 0.499. The lowest BCUT2D eigenvalue weighted by Crippen LogP contribution is -2.05. The van der Waals surface area contributed by atoms with Crippen LogP contribution in [0.1, 0.15) is 23.7 Å². The van der Waals surface area contributed by atoms with Crippen molar-refractivity contribution in [2.24, 2.45) is 5.92 Å². The molecule has 1 aliphatic carbocycles. The third-order valence-corrected chi connectivity index (χ3v) is 10.9. The molecular formula is C50H38N2. The number of rotatable bonds is 5. The van der Waals surface area contributed by atoms with Gasteiger partial charge in [0, 0.05) is 33.2 Å². The zero-order valence-electron chi connectivity index (χ0n) is 29.4. The van der Waals surface area contributed by atoms with Gasteiger partial charge in [-0.25, -0.2) is 0 Å². The van der Waals surface area contributed by atoms with Crippen molar-refractivity contribution in [3.8, 4) is 44.8 Å². The molecule has 10 rings (SSSR count). The molecule has 0 saturated carbocycles. The maximum absolute atomic E-state index is 2.46. The van der Waals surface area contributed by atoms with E-state index in [0.29, 0.717) is 5.92 Å². The Bertz CT molecular complexity index is 2830. The van der Waals surface area contributed by atoms with E-state index in [1.807, 2.05) is 0 Å². The third kappa shape index (κ3) is 5.02. The Morgan fingerprint density at radius 2 is 1.02 bits per heavy atom. The summed E-state index contributed by atoms with van der Waals surface area (Å²) in [6, 6.07) is 60.2. The van der Waals surface area contributed by atoms with Crippen molar-refractivity contribution >= 4 is 38.8 Å². The number of fused-ring (bicyclic) bond motifs is 6. The Balaban J connectivity index is 1.06. The highest BCUT2D eigenvalue weighted by molar-refractivity contribution is 6.10. The first-order valence-corrected chi connectivity index (χ1v) is 18.3. The average molecular weight is 667 g/mol. The van der Waals surface area contributed by atoms with Crippen molar-refractivity contribution < 1.29 is 0 Å². The zero-order chi connectivity index (χ0) is 34.8. The van der Waals surface area contributed by atoms with Crippen LogP contribution in [0.25, 0.3) is 83.5 Å². The van der Waals surface area contributed by atoms with Gasteiger partial charge < -0.3 is 9.13 Å². The SMILES string of the molecule is Cc1cccc(-c2cccc(-c3ccc(-n4c5c(c6cc(-c7ccc8c(c7)c7ccccc7n8-c7ccccc7)ccc64)CC(C)C=C5)cc3)c2)c1. The molecule has 0 spiro atoms. The maximum atomic E-state index is 2.46. The van der Waals surface area contributed by atoms with E-state index in [1.54, 1.807) is 0 Å². The molecule has 0 saturated heterocycles. The zero-order valence-corrected chi connectivity index (χ0v) is 29.4. The summed E-state index contributed by atoms with van der Waals surface area (Å²) in [6.45, 7) is 4.47. The Kier molecular flexibility index (Phi) is 7.11. The minimum absolute atomic E-state index is 0.499. The summed E-state index contributed by atoms with van der Waals surface area (Å²) in [5.74, 6) is 0.499. The van der Waals surface area contributed by atoms with Gasteiger partial charge in [0.05, 0.1) is 16.6 Å². The van der Waals surface area contributed by atoms with Crippen LogP contribution in [-0.2, 0) is 6.42 Å². The average Bonchev–Trinajstić information content (AvgIpc) is 3.70. The second-order valence-electron chi connectivity index (χ2n) is 14.4. The first kappa shape index (κ1) is 30.4. The van der Waals surface area contributed by atoms with Crippen molar-refractivity contribution in [3.63, 3.8) is 0 Å². The molecule has 2 aromatic heterocycles. The Labute approximate surface area is 304 Å². The number of para-hydroxylation sites is 2. The van der Waals surface area contributed by atoms with E-state index < -0.39 is 0 Å². The number of aryl methyl sites for hydroxylation is 1. The number of hydrogen-bond donors (Lipinski definition) is 0. The van der Waals surface area contributed by atoms with Crippen LogP contribution in [0, 0.1) is 12.8 Å². The fourth-order valence-electron chi connectivity index (χ4n) is 8.38. The van der Waals surface area contributed by atoms with Crippen LogP contribution in [0.2, 0.25) is 0 Å². The summed E-state index contributed by atoms with van der Waals surface area (Å²) in [5, 5.41) is 3.89. The molecule has 0 aliphatic heterocycles. The smallest absolute Gasteiger partial charge is 0.0541 e. The summed E-state index contributed by atoms with van der Waals surface area (Å²) in [6.07, 6.45) is 5.74. The monoisotopic (exact) mass is 666 g/mol. The molecular weight excluding hydrogens is 629 g/mol. The maximum Gasteiger partial charge on any atom is 0.0541 e. The van der Waals surface area contributed by atoms with Crippen LogP contribution in [0.3, 0.4) is 0 Å². The Morgan fingerprint density at radius 1 is 0.442 bits per heavy atom. The second kappa shape index (κ2) is 12.1. The lowest BCUT2D eigenvalue weighted by molar-refractivity contribution is 0.718. The summed E-state index contributed by atoms with van der Waals surface area (Å²) in [4.78, 5) is 0. The molecule has 1 atom stereocenters. The number of hydrogen-bond acceptors (Lipinski definition) is 0. The minimum Gasteiger partial charge on any atom is -0.310 e.